The maximum Gasteiger partial charge on any atom is 0.137 e. The van der Waals surface area contributed by atoms with E-state index in [4.69, 9.17) is 16.0 Å². The van der Waals surface area contributed by atoms with Crippen LogP contribution < -0.4 is 10.8 Å². The fraction of sp³-hybridized carbons (Fsp3) is 0.192. The van der Waals surface area contributed by atoms with Gasteiger partial charge in [-0.15, -0.1) is 0 Å². The van der Waals surface area contributed by atoms with Gasteiger partial charge in [0.2, 0.25) is 0 Å². The molecule has 4 rings (SSSR count). The molecule has 0 aliphatic rings. The molecule has 3 nitrogen and oxygen atoms in total. The third-order valence-electron chi connectivity index (χ3n) is 5.14. The van der Waals surface area contributed by atoms with Gasteiger partial charge in [0.15, 0.2) is 0 Å². The van der Waals surface area contributed by atoms with Gasteiger partial charge in [-0.1, -0.05) is 74.8 Å². The highest BCUT2D eigenvalue weighted by Gasteiger charge is 2.14. The smallest absolute Gasteiger partial charge is 0.137 e. The predicted molar refractivity (Wildman–Crippen MR) is 126 cm³/mol. The van der Waals surface area contributed by atoms with Crippen molar-refractivity contribution >= 4 is 28.3 Å². The molecule has 0 atom stereocenters. The minimum absolute atomic E-state index is 0.104. The monoisotopic (exact) mass is 416 g/mol. The van der Waals surface area contributed by atoms with E-state index in [1.807, 2.05) is 55.5 Å². The van der Waals surface area contributed by atoms with Gasteiger partial charge in [0.05, 0.1) is 11.0 Å². The molecule has 30 heavy (non-hydrogen) atoms. The average molecular weight is 417 g/mol. The first kappa shape index (κ1) is 20.2. The van der Waals surface area contributed by atoms with Gasteiger partial charge in [0.1, 0.15) is 11.3 Å². The zero-order valence-corrected chi connectivity index (χ0v) is 18.4. The number of para-hydroxylation sites is 1. The second kappa shape index (κ2) is 8.00. The minimum Gasteiger partial charge on any atom is -0.456 e. The van der Waals surface area contributed by atoms with Gasteiger partial charge >= 0.3 is 0 Å². The number of nitrogens with zero attached hydrogens (tertiary/aromatic N) is 1. The zero-order chi connectivity index (χ0) is 21.3. The molecule has 1 N–H and O–H groups in total. The van der Waals surface area contributed by atoms with Crippen LogP contribution in [-0.4, -0.2) is 0 Å². The average Bonchev–Trinajstić information content (AvgIpc) is 2.73. The van der Waals surface area contributed by atoms with E-state index in [0.29, 0.717) is 5.02 Å². The summed E-state index contributed by atoms with van der Waals surface area (Å²) >= 11 is 6.39. The molecule has 152 valence electrons. The second-order valence-electron chi connectivity index (χ2n) is 8.51. The molecular formula is C26H25ClN2O. The van der Waals surface area contributed by atoms with Crippen LogP contribution in [0.4, 0.5) is 5.69 Å². The van der Waals surface area contributed by atoms with Crippen LogP contribution in [0.25, 0.3) is 22.3 Å². The summed E-state index contributed by atoms with van der Waals surface area (Å²) < 4.78 is 6.26. The highest BCUT2D eigenvalue weighted by atomic mass is 35.5. The molecule has 0 spiro atoms. The first-order valence-electron chi connectivity index (χ1n) is 10.0. The Bertz CT molecular complexity index is 1250. The molecule has 0 saturated carbocycles. The SMILES string of the molecule is Cc1cc2oc(-c3ccc(C(C)(C)C)cc3)c/c(=N/Nc3ccccc3)c2cc1Cl. The van der Waals surface area contributed by atoms with E-state index in [2.05, 4.69) is 55.6 Å². The van der Waals surface area contributed by atoms with Crippen molar-refractivity contribution in [2.45, 2.75) is 33.1 Å². The standard InChI is InChI=1S/C26H25ClN2O/c1-17-14-25-21(15-22(17)27)23(29-28-20-8-6-5-7-9-20)16-24(30-25)18-10-12-19(13-11-18)26(2,3)4/h5-16,28H,1-4H3/b29-23-. The third kappa shape index (κ3) is 4.27. The Morgan fingerprint density at radius 1 is 0.900 bits per heavy atom. The molecule has 0 amide bonds. The molecule has 1 aromatic heterocycles. The maximum atomic E-state index is 6.39. The molecule has 0 unspecified atom stereocenters. The van der Waals surface area contributed by atoms with Crippen molar-refractivity contribution < 1.29 is 4.42 Å². The lowest BCUT2D eigenvalue weighted by atomic mass is 9.86. The van der Waals surface area contributed by atoms with E-state index < -0.39 is 0 Å². The first-order valence-corrected chi connectivity index (χ1v) is 10.4. The first-order chi connectivity index (χ1) is 14.3. The Morgan fingerprint density at radius 3 is 2.27 bits per heavy atom. The predicted octanol–water partition coefficient (Wildman–Crippen LogP) is 7.29. The summed E-state index contributed by atoms with van der Waals surface area (Å²) in [5.74, 6) is 0.762. The van der Waals surface area contributed by atoms with E-state index >= 15 is 0 Å². The summed E-state index contributed by atoms with van der Waals surface area (Å²) in [6, 6.07) is 24.2. The van der Waals surface area contributed by atoms with Crippen molar-refractivity contribution in [1.82, 2.24) is 0 Å². The normalized spacial score (nSPS) is 12.4. The quantitative estimate of drug-likeness (QED) is 0.356. The molecule has 0 bridgehead atoms. The van der Waals surface area contributed by atoms with Crippen molar-refractivity contribution in [1.29, 1.82) is 0 Å². The second-order valence-corrected chi connectivity index (χ2v) is 8.92. The van der Waals surface area contributed by atoms with Gasteiger partial charge in [0.25, 0.3) is 0 Å². The van der Waals surface area contributed by atoms with Gasteiger partial charge in [-0.2, -0.15) is 5.10 Å². The topological polar surface area (TPSA) is 37.5 Å². The van der Waals surface area contributed by atoms with E-state index in [9.17, 15) is 0 Å². The van der Waals surface area contributed by atoms with Crippen LogP contribution in [-0.2, 0) is 5.41 Å². The molecule has 4 heteroatoms. The van der Waals surface area contributed by atoms with Crippen LogP contribution in [0.1, 0.15) is 31.9 Å². The van der Waals surface area contributed by atoms with Crippen molar-refractivity contribution in [3.63, 3.8) is 0 Å². The van der Waals surface area contributed by atoms with E-state index in [0.717, 1.165) is 38.9 Å². The van der Waals surface area contributed by atoms with Gasteiger partial charge in [-0.05, 0) is 47.7 Å². The molecule has 0 saturated heterocycles. The number of fused-ring (bicyclic) bond motifs is 1. The third-order valence-corrected chi connectivity index (χ3v) is 5.55. The summed E-state index contributed by atoms with van der Waals surface area (Å²) in [6.45, 7) is 8.60. The van der Waals surface area contributed by atoms with Crippen LogP contribution in [0.5, 0.6) is 0 Å². The van der Waals surface area contributed by atoms with Crippen molar-refractivity contribution in [3.05, 3.63) is 94.3 Å². The lowest BCUT2D eigenvalue weighted by molar-refractivity contribution is 0.589. The summed E-state index contributed by atoms with van der Waals surface area (Å²) in [6.07, 6.45) is 0. The van der Waals surface area contributed by atoms with Crippen LogP contribution >= 0.6 is 11.6 Å². The number of nitrogens with one attached hydrogen (secondary N) is 1. The number of rotatable bonds is 3. The highest BCUT2D eigenvalue weighted by Crippen LogP contribution is 2.28. The number of benzene rings is 3. The van der Waals surface area contributed by atoms with E-state index in [-0.39, 0.29) is 5.41 Å². The Kier molecular flexibility index (Phi) is 5.40. The largest absolute Gasteiger partial charge is 0.456 e. The van der Waals surface area contributed by atoms with Crippen molar-refractivity contribution in [2.24, 2.45) is 5.10 Å². The molecule has 0 radical (unpaired) electrons. The Labute approximate surface area is 182 Å². The van der Waals surface area contributed by atoms with Crippen molar-refractivity contribution in [2.75, 3.05) is 5.43 Å². The number of anilines is 1. The van der Waals surface area contributed by atoms with Crippen LogP contribution in [0, 0.1) is 6.92 Å². The number of hydrogen-bond donors (Lipinski definition) is 1. The summed E-state index contributed by atoms with van der Waals surface area (Å²) in [4.78, 5) is 0. The highest BCUT2D eigenvalue weighted by molar-refractivity contribution is 6.32. The molecule has 0 aliphatic heterocycles. The molecule has 1 heterocycles. The van der Waals surface area contributed by atoms with Crippen LogP contribution in [0.3, 0.4) is 0 Å². The minimum atomic E-state index is 0.104. The van der Waals surface area contributed by atoms with Crippen LogP contribution in [0.15, 0.2) is 82.3 Å². The zero-order valence-electron chi connectivity index (χ0n) is 17.7. The Hall–Kier alpha value is -3.04. The van der Waals surface area contributed by atoms with E-state index in [1.54, 1.807) is 0 Å². The maximum absolute atomic E-state index is 6.39. The van der Waals surface area contributed by atoms with Gasteiger partial charge < -0.3 is 4.42 Å². The van der Waals surface area contributed by atoms with Gasteiger partial charge in [-0.25, -0.2) is 0 Å². The Morgan fingerprint density at radius 2 is 1.60 bits per heavy atom. The van der Waals surface area contributed by atoms with Gasteiger partial charge in [-0.3, -0.25) is 5.43 Å². The lowest BCUT2D eigenvalue weighted by Crippen LogP contribution is -2.10. The molecular weight excluding hydrogens is 392 g/mol. The number of halogens is 1. The molecule has 4 aromatic rings. The Balaban J connectivity index is 1.86. The molecule has 3 aromatic carbocycles. The molecule has 0 fully saturated rings. The van der Waals surface area contributed by atoms with E-state index in [1.165, 1.54) is 5.56 Å². The molecule has 0 aliphatic carbocycles. The summed E-state index contributed by atoms with van der Waals surface area (Å²) in [5.41, 5.74) is 8.17. The van der Waals surface area contributed by atoms with Crippen LogP contribution in [0.2, 0.25) is 5.02 Å². The van der Waals surface area contributed by atoms with Gasteiger partial charge in [0, 0.05) is 22.0 Å². The van der Waals surface area contributed by atoms with Crippen molar-refractivity contribution in [3.8, 4) is 11.3 Å². The lowest BCUT2D eigenvalue weighted by Gasteiger charge is -2.19. The summed E-state index contributed by atoms with van der Waals surface area (Å²) in [7, 11) is 0. The summed E-state index contributed by atoms with van der Waals surface area (Å²) in [5, 5.41) is 6.98. The number of aryl methyl sites for hydroxylation is 1. The fourth-order valence-electron chi connectivity index (χ4n) is 3.30. The number of hydrogen-bond acceptors (Lipinski definition) is 3. The fourth-order valence-corrected chi connectivity index (χ4v) is 3.46.